The lowest BCUT2D eigenvalue weighted by Gasteiger charge is -2.07. The number of benzene rings is 3. The van der Waals surface area contributed by atoms with Crippen LogP contribution in [-0.2, 0) is 16.0 Å². The number of carbonyl (C=O) groups excluding carboxylic acids is 1. The molecule has 0 unspecified atom stereocenters. The van der Waals surface area contributed by atoms with Crippen molar-refractivity contribution in [1.29, 1.82) is 0 Å². The van der Waals surface area contributed by atoms with Gasteiger partial charge in [0.15, 0.2) is 5.70 Å². The monoisotopic (exact) mass is 403 g/mol. The molecule has 0 aliphatic carbocycles. The molecule has 4 rings (SSSR count). The molecule has 3 aromatic carbocycles. The highest BCUT2D eigenvalue weighted by Gasteiger charge is 2.25. The first-order valence-electron chi connectivity index (χ1n) is 9.23. The molecule has 3 aromatic rings. The second-order valence-corrected chi connectivity index (χ2v) is 6.88. The predicted molar refractivity (Wildman–Crippen MR) is 114 cm³/mol. The number of esters is 1. The van der Waals surface area contributed by atoms with Gasteiger partial charge >= 0.3 is 5.97 Å². The highest BCUT2D eigenvalue weighted by atomic mass is 35.5. The van der Waals surface area contributed by atoms with Crippen LogP contribution >= 0.6 is 11.6 Å². The Bertz CT molecular complexity index is 1090. The van der Waals surface area contributed by atoms with Crippen molar-refractivity contribution >= 4 is 29.5 Å². The van der Waals surface area contributed by atoms with Gasteiger partial charge in [-0.2, -0.15) is 0 Å². The maximum atomic E-state index is 12.2. The number of aliphatic imine (C=N–C) groups is 1. The fourth-order valence-electron chi connectivity index (χ4n) is 2.94. The Hall–Kier alpha value is -3.37. The molecule has 5 heteroatoms. The number of nitrogens with zero attached hydrogens (tertiary/aromatic N) is 1. The highest BCUT2D eigenvalue weighted by molar-refractivity contribution is 6.34. The topological polar surface area (TPSA) is 47.9 Å². The zero-order valence-electron chi connectivity index (χ0n) is 15.5. The molecule has 1 aliphatic heterocycles. The van der Waals surface area contributed by atoms with Gasteiger partial charge in [-0.15, -0.1) is 0 Å². The van der Waals surface area contributed by atoms with Crippen LogP contribution in [0.1, 0.15) is 16.7 Å². The highest BCUT2D eigenvalue weighted by Crippen LogP contribution is 2.24. The van der Waals surface area contributed by atoms with Crippen molar-refractivity contribution in [2.45, 2.75) is 6.42 Å². The van der Waals surface area contributed by atoms with E-state index in [2.05, 4.69) is 17.1 Å². The van der Waals surface area contributed by atoms with E-state index in [-0.39, 0.29) is 11.6 Å². The first-order chi connectivity index (χ1) is 14.2. The summed E-state index contributed by atoms with van der Waals surface area (Å²) in [6.45, 7) is 0.570. The molecule has 4 nitrogen and oxygen atoms in total. The number of rotatable bonds is 6. The summed E-state index contributed by atoms with van der Waals surface area (Å²) in [5.74, 6) is 0.439. The number of cyclic esters (lactones) is 1. The quantitative estimate of drug-likeness (QED) is 0.414. The first-order valence-corrected chi connectivity index (χ1v) is 9.61. The minimum atomic E-state index is -0.504. The summed E-state index contributed by atoms with van der Waals surface area (Å²) in [7, 11) is 0. The van der Waals surface area contributed by atoms with Crippen LogP contribution in [0.2, 0.25) is 5.02 Å². The summed E-state index contributed by atoms with van der Waals surface area (Å²) < 4.78 is 11.1. The third-order valence-corrected chi connectivity index (χ3v) is 4.72. The van der Waals surface area contributed by atoms with Crippen LogP contribution in [0, 0.1) is 0 Å². The van der Waals surface area contributed by atoms with Gasteiger partial charge in [-0.25, -0.2) is 9.79 Å². The molecule has 0 N–H and O–H groups in total. The molecule has 0 radical (unpaired) electrons. The van der Waals surface area contributed by atoms with E-state index in [9.17, 15) is 4.79 Å². The summed E-state index contributed by atoms with van der Waals surface area (Å²) in [5, 5.41) is 0.481. The molecule has 0 aromatic heterocycles. The van der Waals surface area contributed by atoms with Gasteiger partial charge in [-0.3, -0.25) is 0 Å². The lowest BCUT2D eigenvalue weighted by molar-refractivity contribution is -0.129. The Kier molecular flexibility index (Phi) is 5.73. The van der Waals surface area contributed by atoms with Crippen molar-refractivity contribution in [2.75, 3.05) is 6.61 Å². The second-order valence-electron chi connectivity index (χ2n) is 6.47. The van der Waals surface area contributed by atoms with Crippen molar-refractivity contribution in [3.8, 4) is 5.75 Å². The van der Waals surface area contributed by atoms with E-state index in [0.717, 1.165) is 17.7 Å². The number of hydrogen-bond donors (Lipinski definition) is 0. The van der Waals surface area contributed by atoms with Crippen LogP contribution in [0.3, 0.4) is 0 Å². The summed E-state index contributed by atoms with van der Waals surface area (Å²) >= 11 is 6.17. The minimum Gasteiger partial charge on any atom is -0.493 e. The molecule has 1 aliphatic rings. The summed E-state index contributed by atoms with van der Waals surface area (Å²) in [6.07, 6.45) is 2.50. The van der Waals surface area contributed by atoms with Gasteiger partial charge < -0.3 is 9.47 Å². The van der Waals surface area contributed by atoms with E-state index in [1.165, 1.54) is 5.56 Å². The molecular weight excluding hydrogens is 386 g/mol. The van der Waals surface area contributed by atoms with Crippen LogP contribution < -0.4 is 4.74 Å². The van der Waals surface area contributed by atoms with Crippen LogP contribution in [-0.4, -0.2) is 18.5 Å². The maximum absolute atomic E-state index is 12.2. The van der Waals surface area contributed by atoms with Crippen LogP contribution in [0.4, 0.5) is 0 Å². The van der Waals surface area contributed by atoms with Crippen molar-refractivity contribution in [2.24, 2.45) is 4.99 Å². The normalized spacial score (nSPS) is 14.6. The molecule has 0 spiro atoms. The number of ether oxygens (including phenoxy) is 2. The van der Waals surface area contributed by atoms with Crippen LogP contribution in [0.25, 0.3) is 6.08 Å². The Labute approximate surface area is 174 Å². The largest absolute Gasteiger partial charge is 0.493 e. The Morgan fingerprint density at radius 2 is 1.76 bits per heavy atom. The fourth-order valence-corrected chi connectivity index (χ4v) is 3.16. The first kappa shape index (κ1) is 19.0. The van der Waals surface area contributed by atoms with Crippen molar-refractivity contribution in [3.05, 3.63) is 106 Å². The Morgan fingerprint density at radius 1 is 0.966 bits per heavy atom. The van der Waals surface area contributed by atoms with Gasteiger partial charge in [0.05, 0.1) is 17.2 Å². The predicted octanol–water partition coefficient (Wildman–Crippen LogP) is 5.31. The van der Waals surface area contributed by atoms with E-state index < -0.39 is 5.97 Å². The summed E-state index contributed by atoms with van der Waals surface area (Å²) in [6, 6.07) is 24.8. The molecule has 0 atom stereocenters. The Morgan fingerprint density at radius 3 is 2.59 bits per heavy atom. The third-order valence-electron chi connectivity index (χ3n) is 4.39. The molecule has 0 amide bonds. The molecule has 0 saturated heterocycles. The van der Waals surface area contributed by atoms with Crippen LogP contribution in [0.15, 0.2) is 89.6 Å². The molecule has 144 valence electrons. The van der Waals surface area contributed by atoms with E-state index in [4.69, 9.17) is 21.1 Å². The zero-order valence-corrected chi connectivity index (χ0v) is 16.3. The summed E-state index contributed by atoms with van der Waals surface area (Å²) in [5.41, 5.74) is 2.84. The maximum Gasteiger partial charge on any atom is 0.363 e. The molecule has 0 bridgehead atoms. The molecule has 0 fully saturated rings. The van der Waals surface area contributed by atoms with E-state index in [0.29, 0.717) is 17.2 Å². The SMILES string of the molecule is O=C1OC(c2ccccc2Cl)=N/C1=C\c1cccc(OCCc2ccccc2)c1. The molecular formula is C24H18ClNO3. The lowest BCUT2D eigenvalue weighted by Crippen LogP contribution is -2.05. The standard InChI is InChI=1S/C24H18ClNO3/c25-21-12-5-4-11-20(21)23-26-22(24(27)29-23)16-18-9-6-10-19(15-18)28-14-13-17-7-2-1-3-8-17/h1-12,15-16H,13-14H2/b22-16-. The zero-order chi connectivity index (χ0) is 20.1. The van der Waals surface area contributed by atoms with Gasteiger partial charge in [0.1, 0.15) is 5.75 Å². The molecule has 1 heterocycles. The van der Waals surface area contributed by atoms with Gasteiger partial charge in [-0.1, -0.05) is 66.2 Å². The van der Waals surface area contributed by atoms with Gasteiger partial charge in [0.2, 0.25) is 5.90 Å². The van der Waals surface area contributed by atoms with Crippen molar-refractivity contribution in [3.63, 3.8) is 0 Å². The van der Waals surface area contributed by atoms with E-state index >= 15 is 0 Å². The van der Waals surface area contributed by atoms with E-state index in [1.807, 2.05) is 54.6 Å². The lowest BCUT2D eigenvalue weighted by atomic mass is 10.1. The second kappa shape index (κ2) is 8.76. The average molecular weight is 404 g/mol. The number of hydrogen-bond acceptors (Lipinski definition) is 4. The van der Waals surface area contributed by atoms with Crippen LogP contribution in [0.5, 0.6) is 5.75 Å². The Balaban J connectivity index is 1.47. The van der Waals surface area contributed by atoms with Crippen molar-refractivity contribution < 1.29 is 14.3 Å². The minimum absolute atomic E-state index is 0.210. The molecule has 0 saturated carbocycles. The van der Waals surface area contributed by atoms with Crippen molar-refractivity contribution in [1.82, 2.24) is 0 Å². The number of carbonyl (C=O) groups is 1. The number of halogens is 1. The smallest absolute Gasteiger partial charge is 0.363 e. The van der Waals surface area contributed by atoms with E-state index in [1.54, 1.807) is 18.2 Å². The van der Waals surface area contributed by atoms with Gasteiger partial charge in [-0.05, 0) is 41.5 Å². The molecule has 29 heavy (non-hydrogen) atoms. The fraction of sp³-hybridized carbons (Fsp3) is 0.0833. The van der Waals surface area contributed by atoms with Gasteiger partial charge in [0, 0.05) is 6.42 Å². The summed E-state index contributed by atoms with van der Waals surface area (Å²) in [4.78, 5) is 16.5. The average Bonchev–Trinajstić information content (AvgIpc) is 3.09. The third kappa shape index (κ3) is 4.73. The van der Waals surface area contributed by atoms with Gasteiger partial charge in [0.25, 0.3) is 0 Å².